The Kier molecular flexibility index (Phi) is 4.63. The van der Waals surface area contributed by atoms with Gasteiger partial charge in [0, 0.05) is 29.6 Å². The van der Waals surface area contributed by atoms with E-state index in [0.717, 1.165) is 30.2 Å². The normalized spacial score (nSPS) is 14.8. The van der Waals surface area contributed by atoms with Crippen LogP contribution in [0.5, 0.6) is 11.5 Å². The van der Waals surface area contributed by atoms with Crippen LogP contribution < -0.4 is 14.8 Å². The molecule has 112 valence electrons. The molecule has 1 aromatic heterocycles. The Morgan fingerprint density at radius 1 is 1.38 bits per heavy atom. The predicted octanol–water partition coefficient (Wildman–Crippen LogP) is 3.29. The monoisotopic (exact) mass is 324 g/mol. The molecule has 1 saturated heterocycles. The predicted molar refractivity (Wildman–Crippen MR) is 84.6 cm³/mol. The number of nitrogens with zero attached hydrogens (tertiary/aromatic N) is 1. The summed E-state index contributed by atoms with van der Waals surface area (Å²) in [7, 11) is 0. The van der Waals surface area contributed by atoms with E-state index in [-0.39, 0.29) is 6.10 Å². The zero-order valence-corrected chi connectivity index (χ0v) is 13.3. The topological polar surface area (TPSA) is 43.4 Å². The van der Waals surface area contributed by atoms with Crippen LogP contribution >= 0.6 is 22.9 Å². The van der Waals surface area contributed by atoms with Gasteiger partial charge < -0.3 is 14.8 Å². The number of aryl methyl sites for hydroxylation is 1. The Balaban J connectivity index is 1.68. The number of rotatable bonds is 6. The first kappa shape index (κ1) is 14.6. The fourth-order valence-electron chi connectivity index (χ4n) is 1.95. The Labute approximate surface area is 133 Å². The van der Waals surface area contributed by atoms with E-state index in [4.69, 9.17) is 21.1 Å². The molecule has 4 nitrogen and oxygen atoms in total. The summed E-state index contributed by atoms with van der Waals surface area (Å²) in [6.07, 6.45) is 1.14. The van der Waals surface area contributed by atoms with Crippen molar-refractivity contribution in [2.45, 2.75) is 26.1 Å². The van der Waals surface area contributed by atoms with Gasteiger partial charge in [-0.25, -0.2) is 4.98 Å². The van der Waals surface area contributed by atoms with Crippen molar-refractivity contribution in [3.8, 4) is 11.5 Å². The zero-order chi connectivity index (χ0) is 14.7. The zero-order valence-electron chi connectivity index (χ0n) is 11.8. The second-order valence-electron chi connectivity index (χ2n) is 4.86. The van der Waals surface area contributed by atoms with Crippen LogP contribution in [-0.4, -0.2) is 24.2 Å². The highest BCUT2D eigenvalue weighted by atomic mass is 35.5. The molecule has 3 rings (SSSR count). The maximum absolute atomic E-state index is 6.04. The lowest BCUT2D eigenvalue weighted by Crippen LogP contribution is -2.50. The molecule has 2 aromatic rings. The molecule has 0 saturated carbocycles. The number of hydrogen-bond acceptors (Lipinski definition) is 5. The average molecular weight is 325 g/mol. The second-order valence-corrected chi connectivity index (χ2v) is 6.24. The van der Waals surface area contributed by atoms with Crippen molar-refractivity contribution in [1.29, 1.82) is 0 Å². The van der Waals surface area contributed by atoms with E-state index >= 15 is 0 Å². The number of hydrogen-bond donors (Lipinski definition) is 1. The van der Waals surface area contributed by atoms with Crippen molar-refractivity contribution in [3.63, 3.8) is 0 Å². The summed E-state index contributed by atoms with van der Waals surface area (Å²) in [5.74, 6) is 1.40. The quantitative estimate of drug-likeness (QED) is 0.885. The van der Waals surface area contributed by atoms with Crippen LogP contribution in [0.1, 0.15) is 17.6 Å². The summed E-state index contributed by atoms with van der Waals surface area (Å²) in [5.41, 5.74) is 0.947. The number of aromatic nitrogens is 1. The molecular weight excluding hydrogens is 308 g/mol. The molecule has 21 heavy (non-hydrogen) atoms. The number of nitrogens with one attached hydrogen (secondary N) is 1. The standard InChI is InChI=1S/C15H17ClN2O2S/c1-2-15-18-11(9-21-15)8-19-13-4-3-10(16)5-14(13)20-12-6-17-7-12/h3-5,9,12,17H,2,6-8H2,1H3. The van der Waals surface area contributed by atoms with Gasteiger partial charge in [0.05, 0.1) is 10.7 Å². The van der Waals surface area contributed by atoms with Gasteiger partial charge in [0.1, 0.15) is 12.7 Å². The summed E-state index contributed by atoms with van der Waals surface area (Å²) in [4.78, 5) is 4.50. The van der Waals surface area contributed by atoms with Gasteiger partial charge in [0.2, 0.25) is 0 Å². The summed E-state index contributed by atoms with van der Waals surface area (Å²) in [5, 5.41) is 6.98. The minimum Gasteiger partial charge on any atom is -0.484 e. The lowest BCUT2D eigenvalue weighted by Gasteiger charge is -2.28. The van der Waals surface area contributed by atoms with E-state index in [1.807, 2.05) is 11.4 Å². The Morgan fingerprint density at radius 2 is 2.24 bits per heavy atom. The molecule has 1 N–H and O–H groups in total. The Bertz CT molecular complexity index is 613. The second kappa shape index (κ2) is 6.64. The third kappa shape index (κ3) is 3.67. The summed E-state index contributed by atoms with van der Waals surface area (Å²) < 4.78 is 11.7. The van der Waals surface area contributed by atoms with Crippen molar-refractivity contribution >= 4 is 22.9 Å². The van der Waals surface area contributed by atoms with Gasteiger partial charge in [0.25, 0.3) is 0 Å². The maximum Gasteiger partial charge on any atom is 0.163 e. The third-order valence-electron chi connectivity index (χ3n) is 3.22. The molecule has 1 aromatic carbocycles. The lowest BCUT2D eigenvalue weighted by atomic mass is 10.2. The molecule has 0 unspecified atom stereocenters. The first-order valence-corrected chi connectivity index (χ1v) is 8.23. The summed E-state index contributed by atoms with van der Waals surface area (Å²) in [6, 6.07) is 5.45. The molecular formula is C15H17ClN2O2S. The van der Waals surface area contributed by atoms with E-state index in [1.165, 1.54) is 0 Å². The molecule has 0 amide bonds. The largest absolute Gasteiger partial charge is 0.484 e. The number of ether oxygens (including phenoxy) is 2. The fraction of sp³-hybridized carbons (Fsp3) is 0.400. The maximum atomic E-state index is 6.04. The molecule has 0 spiro atoms. The Hall–Kier alpha value is -1.30. The van der Waals surface area contributed by atoms with Crippen LogP contribution in [-0.2, 0) is 13.0 Å². The molecule has 0 bridgehead atoms. The first-order valence-electron chi connectivity index (χ1n) is 6.97. The van der Waals surface area contributed by atoms with Crippen LogP contribution in [0.2, 0.25) is 5.02 Å². The first-order chi connectivity index (χ1) is 10.2. The molecule has 0 aliphatic carbocycles. The van der Waals surface area contributed by atoms with Gasteiger partial charge in [-0.2, -0.15) is 0 Å². The molecule has 6 heteroatoms. The van der Waals surface area contributed by atoms with Crippen LogP contribution in [0.15, 0.2) is 23.6 Å². The molecule has 1 aliphatic rings. The number of benzene rings is 1. The van der Waals surface area contributed by atoms with Crippen LogP contribution in [0, 0.1) is 0 Å². The molecule has 2 heterocycles. The number of thiazole rings is 1. The van der Waals surface area contributed by atoms with Crippen molar-refractivity contribution in [3.05, 3.63) is 39.3 Å². The van der Waals surface area contributed by atoms with E-state index in [1.54, 1.807) is 23.5 Å². The van der Waals surface area contributed by atoms with Crippen molar-refractivity contribution in [2.75, 3.05) is 13.1 Å². The Morgan fingerprint density at radius 3 is 2.90 bits per heavy atom. The third-order valence-corrected chi connectivity index (χ3v) is 4.50. The van der Waals surface area contributed by atoms with Gasteiger partial charge in [-0.3, -0.25) is 0 Å². The average Bonchev–Trinajstić information content (AvgIpc) is 2.90. The minimum atomic E-state index is 0.191. The highest BCUT2D eigenvalue weighted by molar-refractivity contribution is 7.09. The van der Waals surface area contributed by atoms with Crippen LogP contribution in [0.3, 0.4) is 0 Å². The minimum absolute atomic E-state index is 0.191. The van der Waals surface area contributed by atoms with E-state index in [0.29, 0.717) is 23.1 Å². The van der Waals surface area contributed by atoms with Gasteiger partial charge in [0.15, 0.2) is 11.5 Å². The summed E-state index contributed by atoms with van der Waals surface area (Å²) >= 11 is 7.70. The molecule has 0 radical (unpaired) electrons. The smallest absolute Gasteiger partial charge is 0.163 e. The number of halogens is 1. The van der Waals surface area contributed by atoms with Crippen molar-refractivity contribution in [1.82, 2.24) is 10.3 Å². The molecule has 1 fully saturated rings. The SMILES string of the molecule is CCc1nc(COc2ccc(Cl)cc2OC2CNC2)cs1. The van der Waals surface area contributed by atoms with Gasteiger partial charge in [-0.15, -0.1) is 11.3 Å². The van der Waals surface area contributed by atoms with Gasteiger partial charge in [-0.1, -0.05) is 18.5 Å². The van der Waals surface area contributed by atoms with E-state index in [9.17, 15) is 0 Å². The van der Waals surface area contributed by atoms with Gasteiger partial charge >= 0.3 is 0 Å². The highest BCUT2D eigenvalue weighted by Crippen LogP contribution is 2.32. The van der Waals surface area contributed by atoms with Crippen LogP contribution in [0.25, 0.3) is 0 Å². The van der Waals surface area contributed by atoms with E-state index < -0.39 is 0 Å². The van der Waals surface area contributed by atoms with Crippen molar-refractivity contribution in [2.24, 2.45) is 0 Å². The molecule has 0 atom stereocenters. The van der Waals surface area contributed by atoms with Crippen LogP contribution in [0.4, 0.5) is 0 Å². The van der Waals surface area contributed by atoms with Crippen molar-refractivity contribution < 1.29 is 9.47 Å². The highest BCUT2D eigenvalue weighted by Gasteiger charge is 2.20. The van der Waals surface area contributed by atoms with E-state index in [2.05, 4.69) is 17.2 Å². The molecule has 1 aliphatic heterocycles. The van der Waals surface area contributed by atoms with Gasteiger partial charge in [-0.05, 0) is 18.6 Å². The lowest BCUT2D eigenvalue weighted by molar-refractivity contribution is 0.134. The fourth-order valence-corrected chi connectivity index (χ4v) is 2.84. The summed E-state index contributed by atoms with van der Waals surface area (Å²) in [6.45, 7) is 4.26.